The van der Waals surface area contributed by atoms with Crippen LogP contribution in [0, 0.1) is 6.92 Å². The maximum Gasteiger partial charge on any atom is 0.228 e. The van der Waals surface area contributed by atoms with Crippen LogP contribution in [0.5, 0.6) is 0 Å². The predicted octanol–water partition coefficient (Wildman–Crippen LogP) is 3.55. The Morgan fingerprint density at radius 2 is 2.24 bits per heavy atom. The molecule has 1 aliphatic heterocycles. The molecular weight excluding hydrogens is 302 g/mol. The van der Waals surface area contributed by atoms with E-state index in [2.05, 4.69) is 34.5 Å². The molecule has 1 aliphatic rings. The van der Waals surface area contributed by atoms with E-state index in [0.717, 1.165) is 36.1 Å². The molecule has 1 atom stereocenters. The van der Waals surface area contributed by atoms with Crippen molar-refractivity contribution in [3.63, 3.8) is 0 Å². The summed E-state index contributed by atoms with van der Waals surface area (Å²) in [5, 5.41) is 7.94. The average Bonchev–Trinajstić information content (AvgIpc) is 2.99. The van der Waals surface area contributed by atoms with Gasteiger partial charge in [0.1, 0.15) is 0 Å². The molecular formula is C15H19N3OS2. The fourth-order valence-electron chi connectivity index (χ4n) is 2.21. The van der Waals surface area contributed by atoms with Crippen molar-refractivity contribution in [3.8, 4) is 0 Å². The minimum atomic E-state index is 0.394. The minimum Gasteiger partial charge on any atom is -0.384 e. The standard InChI is InChI=1S/C15H19N3OS2/c1-11-4-2-3-5-12(11)16-7-6-14-17-15(18-19-14)13-10-20-8-9-21-13/h2-5,13,16H,6-10H2,1H3. The van der Waals surface area contributed by atoms with E-state index in [1.807, 2.05) is 35.7 Å². The van der Waals surface area contributed by atoms with Gasteiger partial charge in [-0.05, 0) is 18.6 Å². The Balaban J connectivity index is 1.52. The van der Waals surface area contributed by atoms with Crippen LogP contribution in [-0.4, -0.2) is 33.9 Å². The Hall–Kier alpha value is -1.14. The summed E-state index contributed by atoms with van der Waals surface area (Å²) >= 11 is 3.90. The summed E-state index contributed by atoms with van der Waals surface area (Å²) in [5.74, 6) is 5.08. The van der Waals surface area contributed by atoms with Crippen LogP contribution in [0.3, 0.4) is 0 Å². The summed E-state index contributed by atoms with van der Waals surface area (Å²) in [6.07, 6.45) is 0.756. The Morgan fingerprint density at radius 3 is 3.05 bits per heavy atom. The number of benzene rings is 1. The van der Waals surface area contributed by atoms with Gasteiger partial charge in [-0.1, -0.05) is 23.4 Å². The lowest BCUT2D eigenvalue weighted by atomic mass is 10.2. The molecule has 1 saturated heterocycles. The van der Waals surface area contributed by atoms with Crippen molar-refractivity contribution in [2.24, 2.45) is 0 Å². The SMILES string of the molecule is Cc1ccccc1NCCc1nc(C2CSCCS2)no1. The maximum absolute atomic E-state index is 5.36. The smallest absolute Gasteiger partial charge is 0.228 e. The molecule has 2 aromatic rings. The largest absolute Gasteiger partial charge is 0.384 e. The van der Waals surface area contributed by atoms with Crippen molar-refractivity contribution in [2.45, 2.75) is 18.6 Å². The Kier molecular flexibility index (Phi) is 5.08. The van der Waals surface area contributed by atoms with E-state index in [1.165, 1.54) is 17.1 Å². The summed E-state index contributed by atoms with van der Waals surface area (Å²) in [6.45, 7) is 2.91. The van der Waals surface area contributed by atoms with Crippen molar-refractivity contribution in [1.29, 1.82) is 0 Å². The molecule has 0 saturated carbocycles. The number of thioether (sulfide) groups is 2. The van der Waals surface area contributed by atoms with E-state index >= 15 is 0 Å². The minimum absolute atomic E-state index is 0.394. The zero-order valence-corrected chi connectivity index (χ0v) is 13.7. The van der Waals surface area contributed by atoms with Crippen molar-refractivity contribution >= 4 is 29.2 Å². The molecule has 6 heteroatoms. The maximum atomic E-state index is 5.36. The second-order valence-corrected chi connectivity index (χ2v) is 7.43. The molecule has 112 valence electrons. The number of nitrogens with one attached hydrogen (secondary N) is 1. The van der Waals surface area contributed by atoms with Gasteiger partial charge in [-0.3, -0.25) is 0 Å². The molecule has 1 fully saturated rings. The number of aryl methyl sites for hydroxylation is 1. The first kappa shape index (κ1) is 14.8. The van der Waals surface area contributed by atoms with Crippen molar-refractivity contribution in [1.82, 2.24) is 10.1 Å². The number of hydrogen-bond donors (Lipinski definition) is 1. The van der Waals surface area contributed by atoms with Crippen molar-refractivity contribution < 1.29 is 4.52 Å². The highest BCUT2D eigenvalue weighted by molar-refractivity contribution is 8.06. The topological polar surface area (TPSA) is 51.0 Å². The van der Waals surface area contributed by atoms with Crippen LogP contribution in [0.25, 0.3) is 0 Å². The molecule has 0 bridgehead atoms. The first-order valence-electron chi connectivity index (χ1n) is 7.14. The van der Waals surface area contributed by atoms with Gasteiger partial charge in [0.2, 0.25) is 5.89 Å². The van der Waals surface area contributed by atoms with E-state index in [1.54, 1.807) is 0 Å². The van der Waals surface area contributed by atoms with Gasteiger partial charge in [0.05, 0.1) is 5.25 Å². The molecule has 0 spiro atoms. The van der Waals surface area contributed by atoms with E-state index < -0.39 is 0 Å². The molecule has 1 aromatic heterocycles. The summed E-state index contributed by atoms with van der Waals surface area (Å²) in [4.78, 5) is 4.54. The lowest BCUT2D eigenvalue weighted by molar-refractivity contribution is 0.375. The lowest BCUT2D eigenvalue weighted by Gasteiger charge is -2.16. The van der Waals surface area contributed by atoms with Crippen LogP contribution < -0.4 is 5.32 Å². The first-order chi connectivity index (χ1) is 10.3. The normalized spacial score (nSPS) is 18.6. The Bertz CT molecular complexity index is 582. The number of hydrogen-bond acceptors (Lipinski definition) is 6. The molecule has 1 aromatic carbocycles. The van der Waals surface area contributed by atoms with Gasteiger partial charge in [0.15, 0.2) is 5.82 Å². The summed E-state index contributed by atoms with van der Waals surface area (Å²) in [5.41, 5.74) is 2.41. The molecule has 1 unspecified atom stereocenters. The number of para-hydroxylation sites is 1. The van der Waals surface area contributed by atoms with Gasteiger partial charge >= 0.3 is 0 Å². The van der Waals surface area contributed by atoms with E-state index in [9.17, 15) is 0 Å². The van der Waals surface area contributed by atoms with Crippen LogP contribution in [-0.2, 0) is 6.42 Å². The molecule has 0 amide bonds. The number of rotatable bonds is 5. The first-order valence-corrected chi connectivity index (χ1v) is 9.34. The second kappa shape index (κ2) is 7.22. The van der Waals surface area contributed by atoms with E-state index in [4.69, 9.17) is 4.52 Å². The lowest BCUT2D eigenvalue weighted by Crippen LogP contribution is -2.09. The number of aromatic nitrogens is 2. The molecule has 1 N–H and O–H groups in total. The average molecular weight is 321 g/mol. The molecule has 4 nitrogen and oxygen atoms in total. The zero-order valence-electron chi connectivity index (χ0n) is 12.0. The van der Waals surface area contributed by atoms with Crippen LogP contribution >= 0.6 is 23.5 Å². The highest BCUT2D eigenvalue weighted by Gasteiger charge is 2.21. The van der Waals surface area contributed by atoms with Gasteiger partial charge in [-0.25, -0.2) is 0 Å². The molecule has 2 heterocycles. The fraction of sp³-hybridized carbons (Fsp3) is 0.467. The third kappa shape index (κ3) is 3.95. The number of anilines is 1. The Labute approximate surface area is 133 Å². The molecule has 0 aliphatic carbocycles. The van der Waals surface area contributed by atoms with Crippen LogP contribution in [0.4, 0.5) is 5.69 Å². The number of nitrogens with zero attached hydrogens (tertiary/aromatic N) is 2. The summed E-state index contributed by atoms with van der Waals surface area (Å²) in [6, 6.07) is 8.28. The third-order valence-corrected chi connectivity index (χ3v) is 6.14. The van der Waals surface area contributed by atoms with Crippen LogP contribution in [0.15, 0.2) is 28.8 Å². The molecule has 3 rings (SSSR count). The van der Waals surface area contributed by atoms with Gasteiger partial charge in [0.25, 0.3) is 0 Å². The Morgan fingerprint density at radius 1 is 1.33 bits per heavy atom. The third-order valence-electron chi connectivity index (χ3n) is 3.39. The fourth-order valence-corrected chi connectivity index (χ4v) is 4.80. The van der Waals surface area contributed by atoms with Crippen molar-refractivity contribution in [3.05, 3.63) is 41.5 Å². The molecule has 0 radical (unpaired) electrons. The van der Waals surface area contributed by atoms with Crippen LogP contribution in [0.2, 0.25) is 0 Å². The van der Waals surface area contributed by atoms with Gasteiger partial charge in [0, 0.05) is 35.9 Å². The monoisotopic (exact) mass is 321 g/mol. The molecule has 21 heavy (non-hydrogen) atoms. The van der Waals surface area contributed by atoms with Gasteiger partial charge in [-0.2, -0.15) is 16.7 Å². The van der Waals surface area contributed by atoms with Crippen LogP contribution in [0.1, 0.15) is 22.5 Å². The van der Waals surface area contributed by atoms with Gasteiger partial charge in [-0.15, -0.1) is 11.8 Å². The second-order valence-electron chi connectivity index (χ2n) is 4.97. The summed E-state index contributed by atoms with van der Waals surface area (Å²) < 4.78 is 5.36. The van der Waals surface area contributed by atoms with Crippen molar-refractivity contribution in [2.75, 3.05) is 29.1 Å². The van der Waals surface area contributed by atoms with E-state index in [-0.39, 0.29) is 0 Å². The highest BCUT2D eigenvalue weighted by Crippen LogP contribution is 2.35. The van der Waals surface area contributed by atoms with E-state index in [0.29, 0.717) is 5.25 Å². The predicted molar refractivity (Wildman–Crippen MR) is 90.2 cm³/mol. The highest BCUT2D eigenvalue weighted by atomic mass is 32.2. The quantitative estimate of drug-likeness (QED) is 0.909. The summed E-state index contributed by atoms with van der Waals surface area (Å²) in [7, 11) is 0. The van der Waals surface area contributed by atoms with Gasteiger partial charge < -0.3 is 9.84 Å². The zero-order chi connectivity index (χ0) is 14.5.